The van der Waals surface area contributed by atoms with Crippen LogP contribution in [0.5, 0.6) is 0 Å². The van der Waals surface area contributed by atoms with E-state index < -0.39 is 0 Å². The van der Waals surface area contributed by atoms with Gasteiger partial charge in [0.1, 0.15) is 0 Å². The summed E-state index contributed by atoms with van der Waals surface area (Å²) in [6.07, 6.45) is 1.48. The van der Waals surface area contributed by atoms with Gasteiger partial charge in [-0.1, -0.05) is 41.4 Å². The highest BCUT2D eigenvalue weighted by Crippen LogP contribution is 2.15. The van der Waals surface area contributed by atoms with Crippen molar-refractivity contribution < 1.29 is 4.74 Å². The molecule has 0 spiro atoms. The quantitative estimate of drug-likeness (QED) is 0.341. The molecule has 0 unspecified atom stereocenters. The summed E-state index contributed by atoms with van der Waals surface area (Å²) < 4.78 is 0.820. The van der Waals surface area contributed by atoms with E-state index in [2.05, 4.69) is 0 Å². The first-order chi connectivity index (χ1) is 8.16. The van der Waals surface area contributed by atoms with Crippen LogP contribution >= 0.6 is 11.6 Å². The molecule has 86 valence electrons. The average Bonchev–Trinajstić information content (AvgIpc) is 2.33. The van der Waals surface area contributed by atoms with Gasteiger partial charge in [-0.3, -0.25) is 0 Å². The first kappa shape index (κ1) is 11.7. The molecule has 17 heavy (non-hydrogen) atoms. The molecule has 2 aromatic rings. The lowest BCUT2D eigenvalue weighted by Crippen LogP contribution is -1.99. The molecule has 0 bridgehead atoms. The van der Waals surface area contributed by atoms with Crippen molar-refractivity contribution in [2.24, 2.45) is 0 Å². The Morgan fingerprint density at radius 3 is 2.35 bits per heavy atom. The highest BCUT2D eigenvalue weighted by molar-refractivity contribution is 6.32. The number of hydrogen-bond donors (Lipinski definition) is 0. The van der Waals surface area contributed by atoms with Gasteiger partial charge in [0.2, 0.25) is 5.69 Å². The molecule has 0 N–H and O–H groups in total. The van der Waals surface area contributed by atoms with Gasteiger partial charge in [-0.15, -0.1) is 0 Å². The fourth-order valence-corrected chi connectivity index (χ4v) is 1.66. The number of halogens is 1. The lowest BCUT2D eigenvalue weighted by atomic mass is 10.2. The normalized spacial score (nSPS) is 11.5. The lowest BCUT2D eigenvalue weighted by molar-refractivity contribution is -0.354. The van der Waals surface area contributed by atoms with E-state index >= 15 is 0 Å². The summed E-state index contributed by atoms with van der Waals surface area (Å²) in [7, 11) is 0. The Hall–Kier alpha value is -1.80. The zero-order chi connectivity index (χ0) is 12.3. The molecule has 0 atom stereocenters. The van der Waals surface area contributed by atoms with E-state index in [0.29, 0.717) is 16.3 Å². The molecule has 0 aromatic heterocycles. The van der Waals surface area contributed by atoms with Crippen LogP contribution in [0.2, 0.25) is 5.02 Å². The average molecular weight is 246 g/mol. The van der Waals surface area contributed by atoms with Gasteiger partial charge < -0.3 is 5.21 Å². The van der Waals surface area contributed by atoms with Crippen LogP contribution in [0.15, 0.2) is 48.5 Å². The second-order valence-electron chi connectivity index (χ2n) is 3.81. The second kappa shape index (κ2) is 5.02. The van der Waals surface area contributed by atoms with E-state index in [-0.39, 0.29) is 0 Å². The van der Waals surface area contributed by atoms with Crippen molar-refractivity contribution in [3.8, 4) is 0 Å². The molecule has 0 saturated carbocycles. The third-order valence-electron chi connectivity index (χ3n) is 2.45. The molecule has 0 radical (unpaired) electrons. The maximum absolute atomic E-state index is 11.9. The molecule has 2 rings (SSSR count). The Morgan fingerprint density at radius 1 is 1.06 bits per heavy atom. The van der Waals surface area contributed by atoms with Crippen LogP contribution < -0.4 is 0 Å². The van der Waals surface area contributed by atoms with Crippen LogP contribution in [0.3, 0.4) is 0 Å². The minimum Gasteiger partial charge on any atom is -0.618 e. The lowest BCUT2D eigenvalue weighted by Gasteiger charge is -2.03. The minimum absolute atomic E-state index is 0.570. The van der Waals surface area contributed by atoms with E-state index in [0.717, 1.165) is 10.3 Å². The number of rotatable bonds is 2. The van der Waals surface area contributed by atoms with Crippen molar-refractivity contribution in [1.29, 1.82) is 0 Å². The number of aryl methyl sites for hydroxylation is 1. The summed E-state index contributed by atoms with van der Waals surface area (Å²) >= 11 is 5.98. The predicted octanol–water partition coefficient (Wildman–Crippen LogP) is 3.91. The minimum atomic E-state index is 0.570. The van der Waals surface area contributed by atoms with Crippen LogP contribution in [0, 0.1) is 12.1 Å². The van der Waals surface area contributed by atoms with Crippen molar-refractivity contribution in [2.45, 2.75) is 6.92 Å². The van der Waals surface area contributed by atoms with Crippen LogP contribution in [-0.2, 0) is 0 Å². The molecule has 0 amide bonds. The zero-order valence-electron chi connectivity index (χ0n) is 9.43. The van der Waals surface area contributed by atoms with Crippen molar-refractivity contribution in [2.75, 3.05) is 0 Å². The van der Waals surface area contributed by atoms with Crippen LogP contribution in [0.25, 0.3) is 0 Å². The van der Waals surface area contributed by atoms with Gasteiger partial charge >= 0.3 is 0 Å². The molecule has 0 aliphatic rings. The molecule has 3 heteroatoms. The molecular formula is C14H12ClNO. The Bertz CT molecular complexity index is 546. The molecule has 0 aliphatic carbocycles. The maximum atomic E-state index is 11.9. The SMILES string of the molecule is Cc1ccc([N+]([O-])=Cc2ccccc2Cl)cc1. The number of nitrogens with zero attached hydrogens (tertiary/aromatic N) is 1. The highest BCUT2D eigenvalue weighted by atomic mass is 35.5. The molecule has 2 nitrogen and oxygen atoms in total. The van der Waals surface area contributed by atoms with Crippen LogP contribution in [0.4, 0.5) is 5.69 Å². The van der Waals surface area contributed by atoms with E-state index in [9.17, 15) is 5.21 Å². The van der Waals surface area contributed by atoms with Gasteiger partial charge in [-0.2, -0.15) is 4.74 Å². The zero-order valence-corrected chi connectivity index (χ0v) is 10.2. The smallest absolute Gasteiger partial charge is 0.216 e. The van der Waals surface area contributed by atoms with Gasteiger partial charge in [0.15, 0.2) is 6.21 Å². The Labute approximate surface area is 105 Å². The van der Waals surface area contributed by atoms with Crippen molar-refractivity contribution in [3.63, 3.8) is 0 Å². The van der Waals surface area contributed by atoms with Crippen LogP contribution in [0.1, 0.15) is 11.1 Å². The Balaban J connectivity index is 2.34. The van der Waals surface area contributed by atoms with Crippen molar-refractivity contribution >= 4 is 23.5 Å². The highest BCUT2D eigenvalue weighted by Gasteiger charge is 2.03. The van der Waals surface area contributed by atoms with Gasteiger partial charge in [0.25, 0.3) is 0 Å². The van der Waals surface area contributed by atoms with Crippen molar-refractivity contribution in [3.05, 3.63) is 69.9 Å². The van der Waals surface area contributed by atoms with Gasteiger partial charge in [-0.25, -0.2) is 0 Å². The number of hydrogen-bond acceptors (Lipinski definition) is 1. The molecular weight excluding hydrogens is 234 g/mol. The van der Waals surface area contributed by atoms with Crippen LogP contribution in [-0.4, -0.2) is 11.0 Å². The predicted molar refractivity (Wildman–Crippen MR) is 71.1 cm³/mol. The third kappa shape index (κ3) is 2.86. The van der Waals surface area contributed by atoms with E-state index in [1.54, 1.807) is 24.3 Å². The van der Waals surface area contributed by atoms with Crippen molar-refractivity contribution in [1.82, 2.24) is 0 Å². The summed E-state index contributed by atoms with van der Waals surface area (Å²) in [5.74, 6) is 0. The Morgan fingerprint density at radius 2 is 1.71 bits per heavy atom. The molecule has 0 aliphatic heterocycles. The number of benzene rings is 2. The third-order valence-corrected chi connectivity index (χ3v) is 2.79. The van der Waals surface area contributed by atoms with E-state index in [1.807, 2.05) is 31.2 Å². The molecule has 2 aromatic carbocycles. The van der Waals surface area contributed by atoms with Gasteiger partial charge in [0, 0.05) is 12.1 Å². The summed E-state index contributed by atoms with van der Waals surface area (Å²) in [5.41, 5.74) is 2.43. The summed E-state index contributed by atoms with van der Waals surface area (Å²) in [6.45, 7) is 1.98. The standard InChI is InChI=1S/C14H12ClNO/c1-11-6-8-13(9-7-11)16(17)10-12-4-2-3-5-14(12)15/h2-10H,1H3. The maximum Gasteiger partial charge on any atom is 0.216 e. The summed E-state index contributed by atoms with van der Waals surface area (Å²) in [4.78, 5) is 0. The second-order valence-corrected chi connectivity index (χ2v) is 4.22. The Kier molecular flexibility index (Phi) is 3.45. The topological polar surface area (TPSA) is 26.1 Å². The largest absolute Gasteiger partial charge is 0.618 e. The molecule has 0 fully saturated rings. The molecule has 0 saturated heterocycles. The fraction of sp³-hybridized carbons (Fsp3) is 0.0714. The van der Waals surface area contributed by atoms with E-state index in [1.165, 1.54) is 6.21 Å². The first-order valence-corrected chi connectivity index (χ1v) is 5.67. The monoisotopic (exact) mass is 245 g/mol. The summed E-state index contributed by atoms with van der Waals surface area (Å²) in [6, 6.07) is 14.6. The van der Waals surface area contributed by atoms with Gasteiger partial charge in [-0.05, 0) is 19.1 Å². The first-order valence-electron chi connectivity index (χ1n) is 5.29. The summed E-state index contributed by atoms with van der Waals surface area (Å²) in [5, 5.41) is 12.4. The fourth-order valence-electron chi connectivity index (χ4n) is 1.47. The molecule has 0 heterocycles. The van der Waals surface area contributed by atoms with E-state index in [4.69, 9.17) is 11.6 Å². The van der Waals surface area contributed by atoms with Gasteiger partial charge in [0.05, 0.1) is 10.6 Å².